The molecule has 114 valence electrons. The van der Waals surface area contributed by atoms with Crippen molar-refractivity contribution in [3.05, 3.63) is 23.2 Å². The first kappa shape index (κ1) is 15.8. The van der Waals surface area contributed by atoms with E-state index in [4.69, 9.17) is 11.6 Å². The molecule has 4 nitrogen and oxygen atoms in total. The minimum atomic E-state index is -0.00948. The van der Waals surface area contributed by atoms with Crippen molar-refractivity contribution in [1.82, 2.24) is 0 Å². The van der Waals surface area contributed by atoms with E-state index >= 15 is 0 Å². The predicted octanol–water partition coefficient (Wildman–Crippen LogP) is 3.84. The van der Waals surface area contributed by atoms with Gasteiger partial charge < -0.3 is 10.2 Å². The molecule has 0 atom stereocenters. The summed E-state index contributed by atoms with van der Waals surface area (Å²) in [6.45, 7) is 4.89. The lowest BCUT2D eigenvalue weighted by Gasteiger charge is -2.18. The Kier molecular flexibility index (Phi) is 5.23. The van der Waals surface area contributed by atoms with E-state index in [-0.39, 0.29) is 11.8 Å². The van der Waals surface area contributed by atoms with E-state index in [9.17, 15) is 9.59 Å². The van der Waals surface area contributed by atoms with Gasteiger partial charge in [0.1, 0.15) is 0 Å². The molecule has 2 rings (SSSR count). The molecule has 0 aliphatic carbocycles. The van der Waals surface area contributed by atoms with E-state index in [0.717, 1.165) is 18.5 Å². The van der Waals surface area contributed by atoms with Gasteiger partial charge in [0.15, 0.2) is 0 Å². The van der Waals surface area contributed by atoms with E-state index in [2.05, 4.69) is 19.2 Å². The van der Waals surface area contributed by atoms with Crippen molar-refractivity contribution in [2.75, 3.05) is 16.8 Å². The third-order valence-corrected chi connectivity index (χ3v) is 3.85. The highest BCUT2D eigenvalue weighted by Gasteiger charge is 2.23. The van der Waals surface area contributed by atoms with Gasteiger partial charge in [0.25, 0.3) is 0 Å². The normalized spacial score (nSPS) is 14.9. The Morgan fingerprint density at radius 1 is 1.43 bits per heavy atom. The van der Waals surface area contributed by atoms with Gasteiger partial charge in [-0.1, -0.05) is 25.4 Å². The highest BCUT2D eigenvalue weighted by molar-refractivity contribution is 6.34. The van der Waals surface area contributed by atoms with Crippen LogP contribution in [-0.4, -0.2) is 18.4 Å². The van der Waals surface area contributed by atoms with Gasteiger partial charge in [-0.3, -0.25) is 9.59 Å². The fourth-order valence-electron chi connectivity index (χ4n) is 2.35. The summed E-state index contributed by atoms with van der Waals surface area (Å²) in [5.74, 6) is 0.596. The van der Waals surface area contributed by atoms with Crippen LogP contribution < -0.4 is 10.2 Å². The van der Waals surface area contributed by atoms with Crippen LogP contribution in [0.25, 0.3) is 0 Å². The van der Waals surface area contributed by atoms with Gasteiger partial charge in [0, 0.05) is 25.1 Å². The maximum absolute atomic E-state index is 11.8. The summed E-state index contributed by atoms with van der Waals surface area (Å²) < 4.78 is 0. The van der Waals surface area contributed by atoms with Crippen molar-refractivity contribution in [1.29, 1.82) is 0 Å². The standard InChI is InChI=1S/C16H21ClN2O2/c1-11(2)5-8-15(20)18-12-6-7-14(13(17)10-12)19-9-3-4-16(19)21/h6-7,10-11H,3-5,8-9H2,1-2H3,(H,18,20). The van der Waals surface area contributed by atoms with Crippen LogP contribution >= 0.6 is 11.6 Å². The fraction of sp³-hybridized carbons (Fsp3) is 0.500. The smallest absolute Gasteiger partial charge is 0.227 e. The number of amides is 2. The molecular formula is C16H21ClN2O2. The number of nitrogens with zero attached hydrogens (tertiary/aromatic N) is 1. The SMILES string of the molecule is CC(C)CCC(=O)Nc1ccc(N2CCCC2=O)c(Cl)c1. The van der Waals surface area contributed by atoms with E-state index < -0.39 is 0 Å². The summed E-state index contributed by atoms with van der Waals surface area (Å²) in [5, 5.41) is 3.33. The average molecular weight is 309 g/mol. The monoisotopic (exact) mass is 308 g/mol. The molecule has 0 aromatic heterocycles. The molecule has 0 radical (unpaired) electrons. The quantitative estimate of drug-likeness (QED) is 0.898. The fourth-order valence-corrected chi connectivity index (χ4v) is 2.63. The molecular weight excluding hydrogens is 288 g/mol. The van der Waals surface area contributed by atoms with E-state index in [1.165, 1.54) is 0 Å². The topological polar surface area (TPSA) is 49.4 Å². The zero-order chi connectivity index (χ0) is 15.4. The third-order valence-electron chi connectivity index (χ3n) is 3.54. The van der Waals surface area contributed by atoms with Gasteiger partial charge in [-0.25, -0.2) is 0 Å². The van der Waals surface area contributed by atoms with Gasteiger partial charge in [-0.2, -0.15) is 0 Å². The second-order valence-corrected chi connectivity index (χ2v) is 6.20. The maximum atomic E-state index is 11.8. The second-order valence-electron chi connectivity index (χ2n) is 5.80. The molecule has 0 unspecified atom stereocenters. The third kappa shape index (κ3) is 4.21. The van der Waals surface area contributed by atoms with Crippen molar-refractivity contribution in [3.63, 3.8) is 0 Å². The van der Waals surface area contributed by atoms with Crippen molar-refractivity contribution < 1.29 is 9.59 Å². The van der Waals surface area contributed by atoms with Crippen LogP contribution in [0, 0.1) is 5.92 Å². The van der Waals surface area contributed by atoms with Crippen LogP contribution in [0.15, 0.2) is 18.2 Å². The lowest BCUT2D eigenvalue weighted by atomic mass is 10.1. The number of hydrogen-bond acceptors (Lipinski definition) is 2. The highest BCUT2D eigenvalue weighted by Crippen LogP contribution is 2.31. The minimum Gasteiger partial charge on any atom is -0.326 e. The summed E-state index contributed by atoms with van der Waals surface area (Å²) in [6.07, 6.45) is 2.80. The summed E-state index contributed by atoms with van der Waals surface area (Å²) in [5.41, 5.74) is 1.39. The Hall–Kier alpha value is -1.55. The second kappa shape index (κ2) is 6.94. The number of carbonyl (C=O) groups excluding carboxylic acids is 2. The molecule has 1 aliphatic heterocycles. The van der Waals surface area contributed by atoms with Gasteiger partial charge in [-0.15, -0.1) is 0 Å². The Morgan fingerprint density at radius 2 is 2.19 bits per heavy atom. The highest BCUT2D eigenvalue weighted by atomic mass is 35.5. The average Bonchev–Trinajstić information content (AvgIpc) is 2.83. The number of benzene rings is 1. The maximum Gasteiger partial charge on any atom is 0.227 e. The Bertz CT molecular complexity index is 543. The summed E-state index contributed by atoms with van der Waals surface area (Å²) in [7, 11) is 0. The molecule has 1 aromatic rings. The van der Waals surface area contributed by atoms with Crippen LogP contribution in [0.4, 0.5) is 11.4 Å². The number of hydrogen-bond donors (Lipinski definition) is 1. The lowest BCUT2D eigenvalue weighted by Crippen LogP contribution is -2.24. The number of anilines is 2. The first-order valence-corrected chi connectivity index (χ1v) is 7.75. The summed E-state index contributed by atoms with van der Waals surface area (Å²) in [4.78, 5) is 25.2. The van der Waals surface area contributed by atoms with Crippen molar-refractivity contribution >= 4 is 34.8 Å². The summed E-state index contributed by atoms with van der Waals surface area (Å²) in [6, 6.07) is 5.29. The van der Waals surface area contributed by atoms with E-state index in [0.29, 0.717) is 36.0 Å². The van der Waals surface area contributed by atoms with Crippen LogP contribution in [0.2, 0.25) is 5.02 Å². The lowest BCUT2D eigenvalue weighted by molar-refractivity contribution is -0.117. The Morgan fingerprint density at radius 3 is 2.76 bits per heavy atom. The molecule has 1 fully saturated rings. The van der Waals surface area contributed by atoms with Gasteiger partial charge in [0.05, 0.1) is 10.7 Å². The number of nitrogens with one attached hydrogen (secondary N) is 1. The molecule has 1 saturated heterocycles. The first-order valence-electron chi connectivity index (χ1n) is 7.37. The van der Waals surface area contributed by atoms with E-state index in [1.807, 2.05) is 0 Å². The van der Waals surface area contributed by atoms with Crippen molar-refractivity contribution in [3.8, 4) is 0 Å². The molecule has 1 heterocycles. The zero-order valence-electron chi connectivity index (χ0n) is 12.5. The van der Waals surface area contributed by atoms with Crippen molar-refractivity contribution in [2.24, 2.45) is 5.92 Å². The molecule has 1 N–H and O–H groups in total. The van der Waals surface area contributed by atoms with Crippen LogP contribution in [-0.2, 0) is 9.59 Å². The summed E-state index contributed by atoms with van der Waals surface area (Å²) >= 11 is 6.24. The predicted molar refractivity (Wildman–Crippen MR) is 85.7 cm³/mol. The van der Waals surface area contributed by atoms with Gasteiger partial charge >= 0.3 is 0 Å². The van der Waals surface area contributed by atoms with Crippen LogP contribution in [0.1, 0.15) is 39.5 Å². The first-order chi connectivity index (χ1) is 9.97. The van der Waals surface area contributed by atoms with Crippen LogP contribution in [0.5, 0.6) is 0 Å². The van der Waals surface area contributed by atoms with Crippen LogP contribution in [0.3, 0.4) is 0 Å². The molecule has 21 heavy (non-hydrogen) atoms. The molecule has 0 bridgehead atoms. The van der Waals surface area contributed by atoms with Gasteiger partial charge in [-0.05, 0) is 37.0 Å². The number of halogens is 1. The number of carbonyl (C=O) groups is 2. The molecule has 1 aromatic carbocycles. The Balaban J connectivity index is 2.02. The molecule has 5 heteroatoms. The molecule has 2 amide bonds. The zero-order valence-corrected chi connectivity index (χ0v) is 13.2. The largest absolute Gasteiger partial charge is 0.326 e. The van der Waals surface area contributed by atoms with E-state index in [1.54, 1.807) is 23.1 Å². The minimum absolute atomic E-state index is 0.00948. The Labute approximate surface area is 130 Å². The molecule has 0 spiro atoms. The van der Waals surface area contributed by atoms with Crippen molar-refractivity contribution in [2.45, 2.75) is 39.5 Å². The molecule has 1 aliphatic rings. The van der Waals surface area contributed by atoms with Gasteiger partial charge in [0.2, 0.25) is 11.8 Å². The number of rotatable bonds is 5. The molecule has 0 saturated carbocycles.